The number of pyridine rings is 2. The molecule has 4 rings (SSSR count). The number of nitrogens with one attached hydrogen (secondary N) is 2. The van der Waals surface area contributed by atoms with E-state index >= 15 is 0 Å². The Morgan fingerprint density at radius 1 is 1.29 bits per heavy atom. The van der Waals surface area contributed by atoms with E-state index < -0.39 is 23.0 Å². The van der Waals surface area contributed by atoms with Gasteiger partial charge in [-0.15, -0.1) is 0 Å². The second-order valence-corrected chi connectivity index (χ2v) is 6.76. The minimum atomic E-state index is -0.811. The number of aromatic hydroxyl groups is 1. The van der Waals surface area contributed by atoms with Gasteiger partial charge >= 0.3 is 0 Å². The molecule has 2 aromatic heterocycles. The van der Waals surface area contributed by atoms with Gasteiger partial charge in [-0.3, -0.25) is 9.59 Å². The largest absolute Gasteiger partial charge is 0.505 e. The molecule has 1 amide bonds. The first kappa shape index (κ1) is 19.9. The number of hydrogen-bond acceptors (Lipinski definition) is 5. The number of carbonyl (C=O) groups excluding carboxylic acids is 1. The average Bonchev–Trinajstić information content (AvgIpc) is 2.75. The Morgan fingerprint density at radius 2 is 2.10 bits per heavy atom. The third-order valence-electron chi connectivity index (χ3n) is 4.79. The van der Waals surface area contributed by atoms with E-state index in [1.165, 1.54) is 18.3 Å². The third kappa shape index (κ3) is 3.53. The number of rotatable bonds is 3. The average molecular weight is 416 g/mol. The molecule has 0 bridgehead atoms. The molecule has 0 saturated carbocycles. The molecular formula is C23H17FN4O3. The number of phenolic OH excluding ortho intramolecular Hbond substituents is 1. The van der Waals surface area contributed by atoms with Crippen LogP contribution in [0.15, 0.2) is 47.4 Å². The highest BCUT2D eigenvalue weighted by molar-refractivity contribution is 6.12. The lowest BCUT2D eigenvalue weighted by molar-refractivity contribution is -0.112. The minimum Gasteiger partial charge on any atom is -0.505 e. The van der Waals surface area contributed by atoms with E-state index in [2.05, 4.69) is 27.1 Å². The van der Waals surface area contributed by atoms with E-state index in [4.69, 9.17) is 5.73 Å². The number of nitrogens with zero attached hydrogens (tertiary/aromatic N) is 1. The van der Waals surface area contributed by atoms with Crippen LogP contribution in [-0.2, 0) is 4.79 Å². The standard InChI is InChI=1S/C23H17FN4O3/c1-2-26-22-15-8-6-12(14-4-3-5-17(29)20(14)24)10-16(15)19-21(28-22)13(7-9-18(25)30)11-27-23(19)31/h3-6,8,10-11,29H,2H2,1H3,(H2,25,30)(H,26,28)(H,27,31). The number of nitrogens with two attached hydrogens (primary N) is 1. The van der Waals surface area contributed by atoms with Gasteiger partial charge < -0.3 is 21.1 Å². The van der Waals surface area contributed by atoms with Crippen molar-refractivity contribution in [2.24, 2.45) is 5.73 Å². The molecule has 2 aromatic carbocycles. The number of carbonyl (C=O) groups is 1. The molecule has 0 aliphatic rings. The Balaban J connectivity index is 2.12. The molecule has 0 radical (unpaired) electrons. The fraction of sp³-hybridized carbons (Fsp3) is 0.0870. The Kier molecular flexibility index (Phi) is 5.01. The topological polar surface area (TPSA) is 121 Å². The highest BCUT2D eigenvalue weighted by atomic mass is 19.1. The molecule has 5 N–H and O–H groups in total. The van der Waals surface area contributed by atoms with Crippen LogP contribution in [0.2, 0.25) is 0 Å². The maximum Gasteiger partial charge on any atom is 0.293 e. The summed E-state index contributed by atoms with van der Waals surface area (Å²) in [5.74, 6) is 3.37. The summed E-state index contributed by atoms with van der Waals surface area (Å²) in [6.45, 7) is 2.47. The summed E-state index contributed by atoms with van der Waals surface area (Å²) in [5, 5.41) is 14.3. The van der Waals surface area contributed by atoms with Crippen molar-refractivity contribution in [2.45, 2.75) is 6.92 Å². The lowest BCUT2D eigenvalue weighted by Gasteiger charge is -2.13. The van der Waals surface area contributed by atoms with Crippen molar-refractivity contribution < 1.29 is 14.3 Å². The van der Waals surface area contributed by atoms with Gasteiger partial charge in [-0.1, -0.05) is 30.2 Å². The summed E-state index contributed by atoms with van der Waals surface area (Å²) < 4.78 is 14.5. The number of hydrogen-bond donors (Lipinski definition) is 4. The van der Waals surface area contributed by atoms with Crippen LogP contribution >= 0.6 is 0 Å². The molecular weight excluding hydrogens is 399 g/mol. The van der Waals surface area contributed by atoms with Gasteiger partial charge in [0.05, 0.1) is 16.5 Å². The quantitative estimate of drug-likeness (QED) is 0.302. The molecule has 154 valence electrons. The summed E-state index contributed by atoms with van der Waals surface area (Å²) in [7, 11) is 0. The number of phenols is 1. The van der Waals surface area contributed by atoms with Crippen molar-refractivity contribution in [3.63, 3.8) is 0 Å². The Bertz CT molecular complexity index is 1480. The predicted octanol–water partition coefficient (Wildman–Crippen LogP) is 2.86. The lowest BCUT2D eigenvalue weighted by atomic mass is 9.98. The number of aromatic amines is 1. The van der Waals surface area contributed by atoms with E-state index in [0.29, 0.717) is 34.3 Å². The summed E-state index contributed by atoms with van der Waals surface area (Å²) in [6.07, 6.45) is 1.37. The van der Waals surface area contributed by atoms with Gasteiger partial charge in [0.25, 0.3) is 11.5 Å². The maximum absolute atomic E-state index is 14.5. The number of anilines is 1. The molecule has 0 spiro atoms. The van der Waals surface area contributed by atoms with Crippen molar-refractivity contribution in [1.29, 1.82) is 0 Å². The third-order valence-corrected chi connectivity index (χ3v) is 4.79. The SMILES string of the molecule is CCNc1nc2c(C#CC(N)=O)c[nH]c(=O)c2c2cc(-c3cccc(O)c3F)ccc12. The summed E-state index contributed by atoms with van der Waals surface area (Å²) in [5.41, 5.74) is 5.99. The van der Waals surface area contributed by atoms with Crippen LogP contribution in [0.1, 0.15) is 12.5 Å². The van der Waals surface area contributed by atoms with Gasteiger partial charge in [-0.25, -0.2) is 9.37 Å². The van der Waals surface area contributed by atoms with Gasteiger partial charge in [0.2, 0.25) is 0 Å². The second-order valence-electron chi connectivity index (χ2n) is 6.76. The van der Waals surface area contributed by atoms with Gasteiger partial charge in [0.1, 0.15) is 5.82 Å². The number of H-pyrrole nitrogens is 1. The first-order valence-corrected chi connectivity index (χ1v) is 9.43. The van der Waals surface area contributed by atoms with E-state index in [0.717, 1.165) is 0 Å². The van der Waals surface area contributed by atoms with Crippen LogP contribution in [0.3, 0.4) is 0 Å². The summed E-state index contributed by atoms with van der Waals surface area (Å²) >= 11 is 0. The number of primary amides is 1. The number of fused-ring (bicyclic) bond motifs is 3. The molecule has 2 heterocycles. The van der Waals surface area contributed by atoms with Crippen molar-refractivity contribution in [1.82, 2.24) is 9.97 Å². The number of halogens is 1. The van der Waals surface area contributed by atoms with E-state index in [1.807, 2.05) is 6.92 Å². The molecule has 4 aromatic rings. The first-order chi connectivity index (χ1) is 14.9. The van der Waals surface area contributed by atoms with Crippen molar-refractivity contribution >= 4 is 33.4 Å². The van der Waals surface area contributed by atoms with Gasteiger partial charge in [0, 0.05) is 35.0 Å². The Morgan fingerprint density at radius 3 is 2.84 bits per heavy atom. The first-order valence-electron chi connectivity index (χ1n) is 9.43. The van der Waals surface area contributed by atoms with Crippen molar-refractivity contribution in [3.8, 4) is 28.7 Å². The lowest BCUT2D eigenvalue weighted by Crippen LogP contribution is -2.11. The fourth-order valence-corrected chi connectivity index (χ4v) is 3.45. The number of amides is 1. The summed E-state index contributed by atoms with van der Waals surface area (Å²) in [6, 6.07) is 9.44. The van der Waals surface area contributed by atoms with Gasteiger partial charge in [-0.2, -0.15) is 0 Å². The predicted molar refractivity (Wildman–Crippen MR) is 117 cm³/mol. The maximum atomic E-state index is 14.5. The van der Waals surface area contributed by atoms with Crippen LogP contribution in [0.5, 0.6) is 5.75 Å². The molecule has 0 saturated heterocycles. The molecule has 0 atom stereocenters. The van der Waals surface area contributed by atoms with Crippen LogP contribution in [-0.4, -0.2) is 27.5 Å². The highest BCUT2D eigenvalue weighted by Gasteiger charge is 2.16. The van der Waals surface area contributed by atoms with E-state index in [1.54, 1.807) is 24.3 Å². The summed E-state index contributed by atoms with van der Waals surface area (Å²) in [4.78, 5) is 31.0. The van der Waals surface area contributed by atoms with E-state index in [9.17, 15) is 19.1 Å². The monoisotopic (exact) mass is 416 g/mol. The number of aromatic nitrogens is 2. The van der Waals surface area contributed by atoms with E-state index in [-0.39, 0.29) is 16.5 Å². The van der Waals surface area contributed by atoms with Crippen LogP contribution < -0.4 is 16.6 Å². The molecule has 0 aliphatic heterocycles. The zero-order chi connectivity index (χ0) is 22.1. The normalized spacial score (nSPS) is 10.6. The molecule has 7 nitrogen and oxygen atoms in total. The fourth-order valence-electron chi connectivity index (χ4n) is 3.45. The van der Waals surface area contributed by atoms with Crippen LogP contribution in [0.4, 0.5) is 10.2 Å². The van der Waals surface area contributed by atoms with Gasteiger partial charge in [-0.05, 0) is 24.6 Å². The van der Waals surface area contributed by atoms with Crippen molar-refractivity contribution in [2.75, 3.05) is 11.9 Å². The molecule has 8 heteroatoms. The smallest absolute Gasteiger partial charge is 0.293 e. The Hall–Kier alpha value is -4.38. The van der Waals surface area contributed by atoms with Crippen LogP contribution in [0.25, 0.3) is 32.8 Å². The molecule has 0 unspecified atom stereocenters. The molecule has 0 fully saturated rings. The highest BCUT2D eigenvalue weighted by Crippen LogP contribution is 2.34. The van der Waals surface area contributed by atoms with Crippen LogP contribution in [0, 0.1) is 17.7 Å². The molecule has 0 aliphatic carbocycles. The van der Waals surface area contributed by atoms with Crippen molar-refractivity contribution in [3.05, 3.63) is 64.3 Å². The zero-order valence-electron chi connectivity index (χ0n) is 16.4. The molecule has 31 heavy (non-hydrogen) atoms. The van der Waals surface area contributed by atoms with Gasteiger partial charge in [0.15, 0.2) is 11.6 Å². The minimum absolute atomic E-state index is 0.193. The number of benzene rings is 2. The Labute approximate surface area is 175 Å². The second kappa shape index (κ2) is 7.80. The zero-order valence-corrected chi connectivity index (χ0v) is 16.4.